The number of hydrogen-bond acceptors (Lipinski definition) is 4. The van der Waals surface area contributed by atoms with E-state index in [0.29, 0.717) is 25.7 Å². The number of aliphatic hydroxyl groups is 1. The Hall–Kier alpha value is -1.75. The number of hydrogen-bond donors (Lipinski definition) is 2. The van der Waals surface area contributed by atoms with Crippen LogP contribution in [0.15, 0.2) is 24.3 Å². The van der Waals surface area contributed by atoms with Crippen molar-refractivity contribution in [3.8, 4) is 5.75 Å². The monoisotopic (exact) mass is 335 g/mol. The number of benzene rings is 1. The van der Waals surface area contributed by atoms with Gasteiger partial charge in [0, 0.05) is 0 Å². The van der Waals surface area contributed by atoms with Crippen molar-refractivity contribution in [2.45, 2.75) is 51.6 Å². The largest absolute Gasteiger partial charge is 0.492 e. The average molecular weight is 335 g/mol. The molecule has 0 bridgehead atoms. The highest BCUT2D eigenvalue weighted by Gasteiger charge is 2.21. The molecule has 2 rings (SSSR count). The molecule has 1 amide bonds. The van der Waals surface area contributed by atoms with Crippen molar-refractivity contribution in [2.75, 3.05) is 19.8 Å². The molecule has 1 aromatic carbocycles. The lowest BCUT2D eigenvalue weighted by Crippen LogP contribution is -2.28. The molecule has 1 aliphatic carbocycles. The standard InChI is InChI=1S/C19H29NO4/c1-2-23-19(22)20-12-13-24-17-10-8-15(9-11-17)14-16-6-4-3-5-7-18(16)21/h8-11,16,18,21H,2-7,12-14H2,1H3,(H,20,22)/t16-,18+/m1/s1. The van der Waals surface area contributed by atoms with Crippen LogP contribution in [0.4, 0.5) is 4.79 Å². The summed E-state index contributed by atoms with van der Waals surface area (Å²) >= 11 is 0. The highest BCUT2D eigenvalue weighted by molar-refractivity contribution is 5.66. The van der Waals surface area contributed by atoms with Gasteiger partial charge in [-0.1, -0.05) is 31.4 Å². The SMILES string of the molecule is CCOC(=O)NCCOc1ccc(C[C@H]2CCCCC[C@@H]2O)cc1. The molecule has 5 heteroatoms. The molecule has 2 atom stereocenters. The van der Waals surface area contributed by atoms with E-state index in [1.165, 1.54) is 18.4 Å². The van der Waals surface area contributed by atoms with E-state index < -0.39 is 6.09 Å². The zero-order chi connectivity index (χ0) is 17.2. The Morgan fingerprint density at radius 2 is 1.96 bits per heavy atom. The van der Waals surface area contributed by atoms with E-state index in [1.54, 1.807) is 6.92 Å². The summed E-state index contributed by atoms with van der Waals surface area (Å²) in [6.07, 6.45) is 5.97. The Morgan fingerprint density at radius 1 is 1.21 bits per heavy atom. The fourth-order valence-electron chi connectivity index (χ4n) is 3.13. The van der Waals surface area contributed by atoms with Crippen LogP contribution in [0.3, 0.4) is 0 Å². The molecule has 134 valence electrons. The van der Waals surface area contributed by atoms with E-state index in [-0.39, 0.29) is 6.10 Å². The zero-order valence-corrected chi connectivity index (χ0v) is 14.5. The quantitative estimate of drug-likeness (QED) is 0.593. The minimum Gasteiger partial charge on any atom is -0.492 e. The summed E-state index contributed by atoms with van der Waals surface area (Å²) in [5, 5.41) is 12.8. The molecule has 1 saturated carbocycles. The van der Waals surface area contributed by atoms with Crippen LogP contribution in [0.25, 0.3) is 0 Å². The molecule has 0 saturated heterocycles. The normalized spacial score (nSPS) is 20.9. The first kappa shape index (κ1) is 18.6. The molecule has 5 nitrogen and oxygen atoms in total. The number of carbonyl (C=O) groups is 1. The second-order valence-corrected chi connectivity index (χ2v) is 6.31. The first-order valence-corrected chi connectivity index (χ1v) is 8.99. The number of ether oxygens (including phenoxy) is 2. The third-order valence-electron chi connectivity index (χ3n) is 4.46. The third kappa shape index (κ3) is 6.40. The Kier molecular flexibility index (Phi) is 7.89. The maximum absolute atomic E-state index is 11.1. The number of alkyl carbamates (subject to hydrolysis) is 1. The van der Waals surface area contributed by atoms with E-state index >= 15 is 0 Å². The third-order valence-corrected chi connectivity index (χ3v) is 4.46. The van der Waals surface area contributed by atoms with Gasteiger partial charge in [0.25, 0.3) is 0 Å². The lowest BCUT2D eigenvalue weighted by atomic mass is 9.90. The van der Waals surface area contributed by atoms with Crippen LogP contribution in [0.5, 0.6) is 5.75 Å². The van der Waals surface area contributed by atoms with Crippen molar-refractivity contribution >= 4 is 6.09 Å². The highest BCUT2D eigenvalue weighted by atomic mass is 16.5. The lowest BCUT2D eigenvalue weighted by Gasteiger charge is -2.20. The van der Waals surface area contributed by atoms with E-state index in [1.807, 2.05) is 12.1 Å². The molecule has 0 unspecified atom stereocenters. The van der Waals surface area contributed by atoms with Crippen LogP contribution in [0.2, 0.25) is 0 Å². The fraction of sp³-hybridized carbons (Fsp3) is 0.632. The van der Waals surface area contributed by atoms with Gasteiger partial charge >= 0.3 is 6.09 Å². The summed E-state index contributed by atoms with van der Waals surface area (Å²) in [5.41, 5.74) is 1.23. The maximum atomic E-state index is 11.1. The van der Waals surface area contributed by atoms with E-state index in [4.69, 9.17) is 9.47 Å². The molecule has 1 aliphatic rings. The number of carbonyl (C=O) groups excluding carboxylic acids is 1. The summed E-state index contributed by atoms with van der Waals surface area (Å²) in [6, 6.07) is 8.02. The molecule has 1 aromatic rings. The highest BCUT2D eigenvalue weighted by Crippen LogP contribution is 2.27. The van der Waals surface area contributed by atoms with E-state index in [9.17, 15) is 9.90 Å². The van der Waals surface area contributed by atoms with Gasteiger partial charge in [-0.2, -0.15) is 0 Å². The Bertz CT molecular complexity index is 489. The van der Waals surface area contributed by atoms with Crippen molar-refractivity contribution < 1.29 is 19.4 Å². The van der Waals surface area contributed by atoms with Gasteiger partial charge in [-0.25, -0.2) is 4.79 Å². The zero-order valence-electron chi connectivity index (χ0n) is 14.5. The molecule has 24 heavy (non-hydrogen) atoms. The summed E-state index contributed by atoms with van der Waals surface area (Å²) < 4.78 is 10.4. The Balaban J connectivity index is 1.73. The summed E-state index contributed by atoms with van der Waals surface area (Å²) in [6.45, 7) is 2.95. The van der Waals surface area contributed by atoms with Gasteiger partial charge in [0.2, 0.25) is 0 Å². The molecule has 0 radical (unpaired) electrons. The van der Waals surface area contributed by atoms with Crippen molar-refractivity contribution in [1.82, 2.24) is 5.32 Å². The van der Waals surface area contributed by atoms with Crippen LogP contribution in [0, 0.1) is 5.92 Å². The van der Waals surface area contributed by atoms with Crippen LogP contribution < -0.4 is 10.1 Å². The predicted octanol–water partition coefficient (Wildman–Crippen LogP) is 3.30. The van der Waals surface area contributed by atoms with Crippen molar-refractivity contribution in [2.24, 2.45) is 5.92 Å². The Morgan fingerprint density at radius 3 is 2.71 bits per heavy atom. The summed E-state index contributed by atoms with van der Waals surface area (Å²) in [7, 11) is 0. The van der Waals surface area contributed by atoms with Gasteiger partial charge in [-0.3, -0.25) is 0 Å². The molecular weight excluding hydrogens is 306 g/mol. The lowest BCUT2D eigenvalue weighted by molar-refractivity contribution is 0.101. The molecule has 1 fully saturated rings. The van der Waals surface area contributed by atoms with Gasteiger partial charge in [-0.15, -0.1) is 0 Å². The number of rotatable bonds is 7. The Labute approximate surface area is 144 Å². The van der Waals surface area contributed by atoms with Crippen LogP contribution in [-0.2, 0) is 11.2 Å². The van der Waals surface area contributed by atoms with Crippen LogP contribution in [-0.4, -0.2) is 37.1 Å². The second-order valence-electron chi connectivity index (χ2n) is 6.31. The van der Waals surface area contributed by atoms with Gasteiger partial charge in [0.05, 0.1) is 19.3 Å². The molecule has 2 N–H and O–H groups in total. The minimum absolute atomic E-state index is 0.169. The summed E-state index contributed by atoms with van der Waals surface area (Å²) in [4.78, 5) is 11.1. The first-order valence-electron chi connectivity index (χ1n) is 8.99. The van der Waals surface area contributed by atoms with Gasteiger partial charge < -0.3 is 19.9 Å². The van der Waals surface area contributed by atoms with Crippen molar-refractivity contribution in [3.63, 3.8) is 0 Å². The molecule has 0 aromatic heterocycles. The fourth-order valence-corrected chi connectivity index (χ4v) is 3.13. The van der Waals surface area contributed by atoms with Gasteiger partial charge in [0.1, 0.15) is 12.4 Å². The number of nitrogens with one attached hydrogen (secondary N) is 1. The predicted molar refractivity (Wildman–Crippen MR) is 93.2 cm³/mol. The molecular formula is C19H29NO4. The number of aliphatic hydroxyl groups excluding tert-OH is 1. The van der Waals surface area contributed by atoms with Crippen LogP contribution in [0.1, 0.15) is 44.6 Å². The second kappa shape index (κ2) is 10.2. The topological polar surface area (TPSA) is 67.8 Å². The average Bonchev–Trinajstić information content (AvgIpc) is 2.78. The van der Waals surface area contributed by atoms with Gasteiger partial charge in [-0.05, 0) is 49.8 Å². The summed E-state index contributed by atoms with van der Waals surface area (Å²) in [5.74, 6) is 1.15. The minimum atomic E-state index is -0.418. The van der Waals surface area contributed by atoms with Crippen molar-refractivity contribution in [1.29, 1.82) is 0 Å². The molecule has 0 aliphatic heterocycles. The van der Waals surface area contributed by atoms with Crippen molar-refractivity contribution in [3.05, 3.63) is 29.8 Å². The number of amides is 1. The first-order chi connectivity index (χ1) is 11.7. The smallest absolute Gasteiger partial charge is 0.407 e. The maximum Gasteiger partial charge on any atom is 0.407 e. The van der Waals surface area contributed by atoms with E-state index in [0.717, 1.165) is 31.4 Å². The van der Waals surface area contributed by atoms with E-state index in [2.05, 4.69) is 17.4 Å². The van der Waals surface area contributed by atoms with Crippen LogP contribution >= 0.6 is 0 Å². The molecule has 0 spiro atoms. The van der Waals surface area contributed by atoms with Gasteiger partial charge in [0.15, 0.2) is 0 Å². The molecule has 0 heterocycles.